The Labute approximate surface area is 126 Å². The molecule has 2 heterocycles. The lowest BCUT2D eigenvalue weighted by Gasteiger charge is -2.29. The van der Waals surface area contributed by atoms with E-state index in [0.29, 0.717) is 6.42 Å². The summed E-state index contributed by atoms with van der Waals surface area (Å²) in [4.78, 5) is 7.28. The van der Waals surface area contributed by atoms with Crippen LogP contribution >= 0.6 is 0 Å². The fraction of sp³-hybridized carbons (Fsp3) is 0.529. The predicted molar refractivity (Wildman–Crippen MR) is 83.6 cm³/mol. The summed E-state index contributed by atoms with van der Waals surface area (Å²) in [6, 6.07) is 10.5. The second-order valence-corrected chi connectivity index (χ2v) is 6.04. The first-order chi connectivity index (χ1) is 10.3. The third-order valence-corrected chi connectivity index (χ3v) is 4.42. The molecule has 0 bridgehead atoms. The third-order valence-electron chi connectivity index (χ3n) is 4.42. The summed E-state index contributed by atoms with van der Waals surface area (Å²) in [7, 11) is 0. The summed E-state index contributed by atoms with van der Waals surface area (Å²) in [5, 5.41) is 8.88. The number of fused-ring (bicyclic) bond motifs is 1. The number of aryl methyl sites for hydroxylation is 1. The third kappa shape index (κ3) is 3.08. The molecule has 1 saturated heterocycles. The summed E-state index contributed by atoms with van der Waals surface area (Å²) < 4.78 is 2.22. The summed E-state index contributed by atoms with van der Waals surface area (Å²) in [5.74, 6) is 1.94. The van der Waals surface area contributed by atoms with Crippen LogP contribution in [0, 0.1) is 17.2 Å². The fourth-order valence-corrected chi connectivity index (χ4v) is 3.08. The predicted octanol–water partition coefficient (Wildman–Crippen LogP) is 3.18. The van der Waals surface area contributed by atoms with E-state index in [1.165, 1.54) is 12.8 Å². The van der Waals surface area contributed by atoms with Crippen LogP contribution < -0.4 is 0 Å². The van der Waals surface area contributed by atoms with Crippen LogP contribution in [0.15, 0.2) is 24.3 Å². The van der Waals surface area contributed by atoms with Gasteiger partial charge in [0.2, 0.25) is 0 Å². The van der Waals surface area contributed by atoms with Gasteiger partial charge in [-0.2, -0.15) is 5.26 Å². The first-order valence-corrected chi connectivity index (χ1v) is 7.81. The highest BCUT2D eigenvalue weighted by molar-refractivity contribution is 5.75. The van der Waals surface area contributed by atoms with Crippen molar-refractivity contribution in [2.24, 2.45) is 5.92 Å². The molecular weight excluding hydrogens is 260 g/mol. The van der Waals surface area contributed by atoms with E-state index in [2.05, 4.69) is 34.6 Å². The van der Waals surface area contributed by atoms with E-state index in [1.807, 2.05) is 12.1 Å². The van der Waals surface area contributed by atoms with Crippen LogP contribution in [-0.2, 0) is 13.1 Å². The van der Waals surface area contributed by atoms with Gasteiger partial charge in [-0.05, 0) is 44.0 Å². The van der Waals surface area contributed by atoms with Gasteiger partial charge in [-0.3, -0.25) is 4.90 Å². The molecule has 0 saturated carbocycles. The van der Waals surface area contributed by atoms with Crippen LogP contribution in [0.2, 0.25) is 0 Å². The van der Waals surface area contributed by atoms with E-state index in [4.69, 9.17) is 10.2 Å². The first-order valence-electron chi connectivity index (χ1n) is 7.81. The first kappa shape index (κ1) is 14.1. The van der Waals surface area contributed by atoms with Gasteiger partial charge in [0.05, 0.1) is 30.1 Å². The molecule has 1 aliphatic rings. The number of para-hydroxylation sites is 2. The van der Waals surface area contributed by atoms with Gasteiger partial charge in [0.1, 0.15) is 5.82 Å². The number of rotatable bonds is 4. The van der Waals surface area contributed by atoms with Gasteiger partial charge < -0.3 is 4.57 Å². The monoisotopic (exact) mass is 282 g/mol. The van der Waals surface area contributed by atoms with Crippen LogP contribution in [0.25, 0.3) is 11.0 Å². The minimum absolute atomic E-state index is 0.532. The maximum absolute atomic E-state index is 8.88. The molecule has 1 aliphatic heterocycles. The number of benzene rings is 1. The molecule has 4 heteroatoms. The van der Waals surface area contributed by atoms with E-state index < -0.39 is 0 Å². The lowest BCUT2D eigenvalue weighted by Crippen LogP contribution is -2.33. The zero-order valence-corrected chi connectivity index (χ0v) is 12.6. The Balaban J connectivity index is 1.84. The molecule has 4 nitrogen and oxygen atoms in total. The second kappa shape index (κ2) is 6.28. The van der Waals surface area contributed by atoms with Crippen LogP contribution in [0.5, 0.6) is 0 Å². The number of hydrogen-bond donors (Lipinski definition) is 0. The highest BCUT2D eigenvalue weighted by Gasteiger charge is 2.18. The Morgan fingerprint density at radius 1 is 1.29 bits per heavy atom. The van der Waals surface area contributed by atoms with Crippen molar-refractivity contribution < 1.29 is 0 Å². The van der Waals surface area contributed by atoms with E-state index in [1.54, 1.807) is 0 Å². The minimum Gasteiger partial charge on any atom is -0.326 e. The van der Waals surface area contributed by atoms with Gasteiger partial charge in [0.25, 0.3) is 0 Å². The van der Waals surface area contributed by atoms with Crippen LogP contribution in [-0.4, -0.2) is 27.5 Å². The summed E-state index contributed by atoms with van der Waals surface area (Å²) in [6.07, 6.45) is 3.08. The SMILES string of the molecule is CC1CCN(Cc2nc3ccccc3n2CCC#N)CC1. The van der Waals surface area contributed by atoms with Gasteiger partial charge in [-0.1, -0.05) is 19.1 Å². The molecule has 0 aliphatic carbocycles. The van der Waals surface area contributed by atoms with Gasteiger partial charge in [0.15, 0.2) is 0 Å². The molecule has 3 rings (SSSR count). The standard InChI is InChI=1S/C17H22N4/c1-14-7-11-20(12-8-14)13-17-19-15-5-2-3-6-16(15)21(17)10-4-9-18/h2-3,5-6,14H,4,7-8,10-13H2,1H3. The van der Waals surface area contributed by atoms with Gasteiger partial charge >= 0.3 is 0 Å². The normalized spacial score (nSPS) is 17.1. The molecule has 110 valence electrons. The van der Waals surface area contributed by atoms with Crippen LogP contribution in [0.3, 0.4) is 0 Å². The molecule has 0 atom stereocenters. The number of nitriles is 1. The average molecular weight is 282 g/mol. The minimum atomic E-state index is 0.532. The molecule has 0 N–H and O–H groups in total. The zero-order chi connectivity index (χ0) is 14.7. The largest absolute Gasteiger partial charge is 0.326 e. The van der Waals surface area contributed by atoms with E-state index in [0.717, 1.165) is 49.0 Å². The molecule has 2 aromatic rings. The Hall–Kier alpha value is -1.86. The van der Waals surface area contributed by atoms with Crippen molar-refractivity contribution in [1.29, 1.82) is 5.26 Å². The zero-order valence-electron chi connectivity index (χ0n) is 12.6. The van der Waals surface area contributed by atoms with E-state index in [-0.39, 0.29) is 0 Å². The van der Waals surface area contributed by atoms with Crippen molar-refractivity contribution in [3.05, 3.63) is 30.1 Å². The summed E-state index contributed by atoms with van der Waals surface area (Å²) in [5.41, 5.74) is 2.18. The molecule has 1 aromatic carbocycles. The van der Waals surface area contributed by atoms with Crippen LogP contribution in [0.1, 0.15) is 32.0 Å². The number of likely N-dealkylation sites (tertiary alicyclic amines) is 1. The molecule has 1 fully saturated rings. The Morgan fingerprint density at radius 3 is 2.81 bits per heavy atom. The van der Waals surface area contributed by atoms with Crippen molar-refractivity contribution in [3.63, 3.8) is 0 Å². The molecular formula is C17H22N4. The number of imidazole rings is 1. The summed E-state index contributed by atoms with van der Waals surface area (Å²) in [6.45, 7) is 6.27. The Kier molecular flexibility index (Phi) is 4.21. The van der Waals surface area contributed by atoms with Crippen molar-refractivity contribution in [2.75, 3.05) is 13.1 Å². The smallest absolute Gasteiger partial charge is 0.124 e. The average Bonchev–Trinajstić information content (AvgIpc) is 2.85. The molecule has 0 amide bonds. The number of hydrogen-bond acceptors (Lipinski definition) is 3. The van der Waals surface area contributed by atoms with Gasteiger partial charge in [-0.15, -0.1) is 0 Å². The maximum atomic E-state index is 8.88. The topological polar surface area (TPSA) is 44.9 Å². The molecule has 0 unspecified atom stereocenters. The molecule has 0 radical (unpaired) electrons. The fourth-order valence-electron chi connectivity index (χ4n) is 3.08. The molecule has 1 aromatic heterocycles. The van der Waals surface area contributed by atoms with Crippen molar-refractivity contribution in [3.8, 4) is 6.07 Å². The lowest BCUT2D eigenvalue weighted by atomic mass is 9.99. The molecule has 21 heavy (non-hydrogen) atoms. The van der Waals surface area contributed by atoms with Crippen molar-refractivity contribution >= 4 is 11.0 Å². The van der Waals surface area contributed by atoms with Crippen molar-refractivity contribution in [2.45, 2.75) is 39.3 Å². The highest BCUT2D eigenvalue weighted by atomic mass is 15.2. The maximum Gasteiger partial charge on any atom is 0.124 e. The highest BCUT2D eigenvalue weighted by Crippen LogP contribution is 2.21. The van der Waals surface area contributed by atoms with Crippen LogP contribution in [0.4, 0.5) is 0 Å². The Bertz CT molecular complexity index is 644. The van der Waals surface area contributed by atoms with Gasteiger partial charge in [0, 0.05) is 6.54 Å². The number of piperidine rings is 1. The van der Waals surface area contributed by atoms with Crippen molar-refractivity contribution in [1.82, 2.24) is 14.5 Å². The van der Waals surface area contributed by atoms with E-state index in [9.17, 15) is 0 Å². The lowest BCUT2D eigenvalue weighted by molar-refractivity contribution is 0.179. The molecule has 0 spiro atoms. The number of aromatic nitrogens is 2. The quantitative estimate of drug-likeness (QED) is 0.865. The number of nitrogens with zero attached hydrogens (tertiary/aromatic N) is 4. The second-order valence-electron chi connectivity index (χ2n) is 6.04. The van der Waals surface area contributed by atoms with Gasteiger partial charge in [-0.25, -0.2) is 4.98 Å². The van der Waals surface area contributed by atoms with E-state index >= 15 is 0 Å². The summed E-state index contributed by atoms with van der Waals surface area (Å²) >= 11 is 0. The Morgan fingerprint density at radius 2 is 2.05 bits per heavy atom.